The van der Waals surface area contributed by atoms with Crippen LogP contribution in [-0.2, 0) is 62.2 Å². The van der Waals surface area contributed by atoms with Crippen LogP contribution in [-0.4, -0.2) is 62.8 Å². The van der Waals surface area contributed by atoms with Crippen molar-refractivity contribution in [2.24, 2.45) is 0 Å². The van der Waals surface area contributed by atoms with E-state index in [0.29, 0.717) is 52.6 Å². The molecule has 12 nitrogen and oxygen atoms in total. The molecule has 0 aliphatic carbocycles. The van der Waals surface area contributed by atoms with Gasteiger partial charge in [0.15, 0.2) is 51.0 Å². The Morgan fingerprint density at radius 3 is 0.780 bits per heavy atom. The molecule has 7 aromatic heterocycles. The minimum Gasteiger partial charge on any atom is -0.656 e. The SMILES string of the molecule is CCCCOCC[n+]1ccccc1-c1c2nc(c(-c3cccc[n+]3CCOCCCC)c3ccc([n-]3)c(-c3cccc[n+]3CCOCCCC)c3nc(c(-c4cccc[n+]4CCOCCCC)c4ccc1[n-]4)C=C3)C=C2.[CH3-].[CH3-].[CH3-].[CH3-].[CH3-].[Mn+3]. The summed E-state index contributed by atoms with van der Waals surface area (Å²) >= 11 is 0. The number of hydrogen-bond donors (Lipinski definition) is 0. The second-order valence-electron chi connectivity index (χ2n) is 19.3. The van der Waals surface area contributed by atoms with E-state index in [-0.39, 0.29) is 54.2 Å². The number of hydrogen-bond acceptors (Lipinski definition) is 6. The van der Waals surface area contributed by atoms with E-state index in [1.807, 2.05) is 0 Å². The Bertz CT molecular complexity index is 2850. The van der Waals surface area contributed by atoms with E-state index in [4.69, 9.17) is 38.9 Å². The predicted octanol–water partition coefficient (Wildman–Crippen LogP) is 13.2. The summed E-state index contributed by atoms with van der Waals surface area (Å²) in [5.41, 5.74) is 14.1. The predicted molar refractivity (Wildman–Crippen MR) is 334 cm³/mol. The zero-order valence-electron chi connectivity index (χ0n) is 50.6. The maximum atomic E-state index is 6.17. The number of nitrogens with zero attached hydrogens (tertiary/aromatic N) is 8. The fourth-order valence-corrected chi connectivity index (χ4v) is 9.78. The molecule has 82 heavy (non-hydrogen) atoms. The topological polar surface area (TPSA) is 106 Å². The van der Waals surface area contributed by atoms with Gasteiger partial charge < -0.3 is 66.0 Å². The smallest absolute Gasteiger partial charge is 0.656 e. The van der Waals surface area contributed by atoms with Crippen LogP contribution in [0.5, 0.6) is 0 Å². The number of rotatable bonds is 28. The van der Waals surface area contributed by atoms with E-state index < -0.39 is 0 Å². The van der Waals surface area contributed by atoms with Crippen molar-refractivity contribution in [1.29, 1.82) is 0 Å². The first-order valence-electron chi connectivity index (χ1n) is 27.9. The second kappa shape index (κ2) is 36.2. The van der Waals surface area contributed by atoms with Crippen molar-refractivity contribution in [3.8, 4) is 45.0 Å². The zero-order chi connectivity index (χ0) is 52.3. The van der Waals surface area contributed by atoms with Gasteiger partial charge in [0, 0.05) is 75.0 Å². The molecule has 8 bridgehead atoms. The fraction of sp³-hybridized carbons (Fsp3) is 0.348. The molecule has 2 aliphatic heterocycles. The van der Waals surface area contributed by atoms with Gasteiger partial charge in [0.25, 0.3) is 0 Å². The van der Waals surface area contributed by atoms with Crippen molar-refractivity contribution >= 4 is 46.4 Å². The van der Waals surface area contributed by atoms with Crippen LogP contribution >= 0.6 is 0 Å². The number of unbranched alkanes of at least 4 members (excludes halogenated alkanes) is 4. The third kappa shape index (κ3) is 17.3. The quantitative estimate of drug-likeness (QED) is 0.0207. The molecule has 0 aromatic carbocycles. The molecule has 438 valence electrons. The standard InChI is InChI=1S/C64H76N8O4.5CH3.Mn/c1-5-9-41-73-45-37-69-33-17-13-21-57(69)61-49-25-27-51(65-49)62(58-22-14-18-34-70(58)38-46-74-42-10-6-2)53-29-31-55(67-53)64(60-24-16-20-36-72(60)40-48-76-44-12-8-4)56-32-30-54(68-56)63(52-28-26-50(61)66-52)59-23-15-19-35-71(59)39-47-75-43-11-7-3;;;;;;/h13-36H,5-12,37-48H2,1-4H3;5*1H3;/q+2;5*-1;+3. The van der Waals surface area contributed by atoms with E-state index in [2.05, 4.69) is 192 Å². The second-order valence-corrected chi connectivity index (χ2v) is 19.3. The molecule has 0 spiro atoms. The Morgan fingerprint density at radius 2 is 0.561 bits per heavy atom. The average Bonchev–Trinajstić information content (AvgIpc) is 4.39. The van der Waals surface area contributed by atoms with Crippen LogP contribution in [0.2, 0.25) is 0 Å². The van der Waals surface area contributed by atoms with Crippen LogP contribution < -0.4 is 28.2 Å². The van der Waals surface area contributed by atoms with Gasteiger partial charge >= 0.3 is 17.1 Å². The van der Waals surface area contributed by atoms with Gasteiger partial charge in [-0.1, -0.05) is 77.6 Å². The molecule has 0 saturated heterocycles. The Hall–Kier alpha value is -6.44. The number of fused-ring (bicyclic) bond motifs is 8. The first-order valence-corrected chi connectivity index (χ1v) is 27.9. The average molecular weight is 1150 g/mol. The van der Waals surface area contributed by atoms with E-state index in [1.54, 1.807) is 0 Å². The van der Waals surface area contributed by atoms with E-state index >= 15 is 0 Å². The molecule has 0 amide bonds. The van der Waals surface area contributed by atoms with Crippen molar-refractivity contribution < 1.29 is 54.3 Å². The van der Waals surface area contributed by atoms with Crippen molar-refractivity contribution in [1.82, 2.24) is 19.9 Å². The number of pyridine rings is 4. The molecule has 0 unspecified atom stereocenters. The van der Waals surface area contributed by atoms with Crippen molar-refractivity contribution in [3.63, 3.8) is 0 Å². The Balaban J connectivity index is 0.00000294. The van der Waals surface area contributed by atoms with Gasteiger partial charge in [-0.15, -0.1) is 22.1 Å². The summed E-state index contributed by atoms with van der Waals surface area (Å²) in [5.74, 6) is 0. The minimum absolute atomic E-state index is 0. The largest absolute Gasteiger partial charge is 3.00 e. The summed E-state index contributed by atoms with van der Waals surface area (Å²) in [5, 5.41) is 0. The van der Waals surface area contributed by atoms with E-state index in [9.17, 15) is 0 Å². The Kier molecular flexibility index (Phi) is 30.8. The van der Waals surface area contributed by atoms with E-state index in [1.165, 1.54) is 0 Å². The van der Waals surface area contributed by atoms with Crippen molar-refractivity contribution in [2.45, 2.75) is 105 Å². The molecule has 9 heterocycles. The molecule has 0 radical (unpaired) electrons. The molecule has 0 N–H and O–H groups in total. The molecular formula is C69H91MnN8O4. The van der Waals surface area contributed by atoms with Crippen LogP contribution in [0.1, 0.15) is 102 Å². The number of ether oxygens (including phenoxy) is 4. The summed E-state index contributed by atoms with van der Waals surface area (Å²) in [4.78, 5) is 22.6. The molecule has 0 atom stereocenters. The fourth-order valence-electron chi connectivity index (χ4n) is 9.78. The van der Waals surface area contributed by atoms with Crippen molar-refractivity contribution in [2.75, 3.05) is 52.9 Å². The van der Waals surface area contributed by atoms with Crippen molar-refractivity contribution in [3.05, 3.63) is 182 Å². The molecule has 0 fully saturated rings. The maximum absolute atomic E-state index is 6.17. The Morgan fingerprint density at radius 1 is 0.329 bits per heavy atom. The van der Waals surface area contributed by atoms with Gasteiger partial charge in [0.05, 0.1) is 45.0 Å². The van der Waals surface area contributed by atoms with Crippen LogP contribution in [0.15, 0.2) is 122 Å². The third-order valence-electron chi connectivity index (χ3n) is 13.9. The maximum Gasteiger partial charge on any atom is 3.00 e. The summed E-state index contributed by atoms with van der Waals surface area (Å²) < 4.78 is 33.7. The third-order valence-corrected chi connectivity index (χ3v) is 13.9. The molecule has 2 aliphatic rings. The Labute approximate surface area is 502 Å². The molecule has 9 rings (SSSR count). The molecular weight excluding hydrogens is 1060 g/mol. The monoisotopic (exact) mass is 1150 g/mol. The van der Waals surface area contributed by atoms with Gasteiger partial charge in [-0.2, -0.15) is 18.3 Å². The van der Waals surface area contributed by atoms with Crippen LogP contribution in [0.3, 0.4) is 0 Å². The summed E-state index contributed by atoms with van der Waals surface area (Å²) in [6.45, 7) is 16.7. The zero-order valence-corrected chi connectivity index (χ0v) is 51.8. The normalized spacial score (nSPS) is 11.2. The first kappa shape index (κ1) is 69.8. The summed E-state index contributed by atoms with van der Waals surface area (Å²) in [6, 6.07) is 34.0. The van der Waals surface area contributed by atoms with E-state index in [0.717, 1.165) is 168 Å². The number of aromatic nitrogens is 8. The van der Waals surface area contributed by atoms with Gasteiger partial charge in [-0.25, -0.2) is 9.97 Å². The molecule has 0 saturated carbocycles. The first-order chi connectivity index (χ1) is 37.6. The summed E-state index contributed by atoms with van der Waals surface area (Å²) in [6.07, 6.45) is 25.6. The summed E-state index contributed by atoms with van der Waals surface area (Å²) in [7, 11) is 0. The molecule has 7 aromatic rings. The van der Waals surface area contributed by atoms with Gasteiger partial charge in [0.1, 0.15) is 26.4 Å². The van der Waals surface area contributed by atoms with Crippen LogP contribution in [0, 0.1) is 37.1 Å². The van der Waals surface area contributed by atoms with Gasteiger partial charge in [-0.3, -0.25) is 0 Å². The van der Waals surface area contributed by atoms with Gasteiger partial charge in [0.2, 0.25) is 22.8 Å². The van der Waals surface area contributed by atoms with Crippen LogP contribution in [0.25, 0.3) is 91.4 Å². The minimum atomic E-state index is 0. The van der Waals surface area contributed by atoms with Crippen LogP contribution in [0.4, 0.5) is 0 Å². The van der Waals surface area contributed by atoms with Gasteiger partial charge in [-0.05, 0) is 74.3 Å². The molecule has 13 heteroatoms.